The van der Waals surface area contributed by atoms with E-state index in [1.807, 2.05) is 0 Å². The van der Waals surface area contributed by atoms with Gasteiger partial charge < -0.3 is 4.90 Å². The molecule has 18 heavy (non-hydrogen) atoms. The predicted molar refractivity (Wildman–Crippen MR) is 75.4 cm³/mol. The quantitative estimate of drug-likeness (QED) is 0.762. The van der Waals surface area contributed by atoms with Gasteiger partial charge in [0.1, 0.15) is 12.1 Å². The highest BCUT2D eigenvalue weighted by atomic mass is 35.5. The van der Waals surface area contributed by atoms with Crippen LogP contribution in [0.4, 0.5) is 5.82 Å². The van der Waals surface area contributed by atoms with Gasteiger partial charge in [-0.25, -0.2) is 9.97 Å². The first-order valence-electron chi connectivity index (χ1n) is 6.67. The molecule has 1 aliphatic heterocycles. The van der Waals surface area contributed by atoms with Crippen molar-refractivity contribution in [2.45, 2.75) is 19.8 Å². The molecule has 0 N–H and O–H groups in total. The van der Waals surface area contributed by atoms with Crippen LogP contribution in [0.3, 0.4) is 0 Å². The molecule has 0 amide bonds. The van der Waals surface area contributed by atoms with E-state index in [1.54, 1.807) is 6.33 Å². The lowest BCUT2D eigenvalue weighted by molar-refractivity contribution is 0.258. The smallest absolute Gasteiger partial charge is 0.132 e. The molecule has 0 saturated carbocycles. The average Bonchev–Trinajstić information content (AvgIpc) is 2.46. The van der Waals surface area contributed by atoms with Gasteiger partial charge in [0.25, 0.3) is 0 Å². The average molecular weight is 269 g/mol. The molecule has 100 valence electrons. The maximum atomic E-state index is 5.72. The van der Waals surface area contributed by atoms with Crippen LogP contribution in [0.5, 0.6) is 0 Å². The molecule has 0 bridgehead atoms. The zero-order valence-corrected chi connectivity index (χ0v) is 11.7. The van der Waals surface area contributed by atoms with E-state index in [1.165, 1.54) is 0 Å². The first-order chi connectivity index (χ1) is 8.83. The second kappa shape index (κ2) is 6.90. The number of hydrogen-bond donors (Lipinski definition) is 0. The standard InChI is InChI=1S/C13H21ClN4/c1-2-12-10-13(16-11-15-12)18-8-6-17(7-9-18)5-3-4-14/h10-11H,2-9H2,1H3. The molecule has 4 nitrogen and oxygen atoms in total. The van der Waals surface area contributed by atoms with E-state index in [4.69, 9.17) is 11.6 Å². The third kappa shape index (κ3) is 3.56. The van der Waals surface area contributed by atoms with Crippen molar-refractivity contribution < 1.29 is 0 Å². The lowest BCUT2D eigenvalue weighted by Crippen LogP contribution is -2.47. The van der Waals surface area contributed by atoms with Crippen molar-refractivity contribution in [1.29, 1.82) is 0 Å². The Morgan fingerprint density at radius 3 is 2.67 bits per heavy atom. The predicted octanol–water partition coefficient (Wildman–Crippen LogP) is 1.79. The van der Waals surface area contributed by atoms with Crippen molar-refractivity contribution in [1.82, 2.24) is 14.9 Å². The van der Waals surface area contributed by atoms with Crippen molar-refractivity contribution in [3.8, 4) is 0 Å². The van der Waals surface area contributed by atoms with Crippen molar-refractivity contribution in [2.75, 3.05) is 43.5 Å². The van der Waals surface area contributed by atoms with Crippen molar-refractivity contribution in [2.24, 2.45) is 0 Å². The molecular formula is C13H21ClN4. The number of nitrogens with zero attached hydrogens (tertiary/aromatic N) is 4. The highest BCUT2D eigenvalue weighted by Gasteiger charge is 2.17. The Morgan fingerprint density at radius 2 is 2.00 bits per heavy atom. The third-order valence-electron chi connectivity index (χ3n) is 3.38. The van der Waals surface area contributed by atoms with E-state index in [9.17, 15) is 0 Å². The SMILES string of the molecule is CCc1cc(N2CCN(CCCCl)CC2)ncn1. The van der Waals surface area contributed by atoms with Gasteiger partial charge >= 0.3 is 0 Å². The zero-order valence-electron chi connectivity index (χ0n) is 11.0. The number of anilines is 1. The fourth-order valence-electron chi connectivity index (χ4n) is 2.24. The molecule has 2 heterocycles. The first kappa shape index (κ1) is 13.6. The van der Waals surface area contributed by atoms with Gasteiger partial charge in [-0.1, -0.05) is 6.92 Å². The van der Waals surface area contributed by atoms with Crippen molar-refractivity contribution >= 4 is 17.4 Å². The van der Waals surface area contributed by atoms with Gasteiger partial charge in [-0.05, 0) is 19.4 Å². The summed E-state index contributed by atoms with van der Waals surface area (Å²) in [5.41, 5.74) is 1.12. The Labute approximate surface area is 114 Å². The molecule has 1 saturated heterocycles. The summed E-state index contributed by atoms with van der Waals surface area (Å²) < 4.78 is 0. The van der Waals surface area contributed by atoms with Crippen LogP contribution in [-0.2, 0) is 6.42 Å². The Kier molecular flexibility index (Phi) is 5.20. The first-order valence-corrected chi connectivity index (χ1v) is 7.21. The lowest BCUT2D eigenvalue weighted by Gasteiger charge is -2.35. The largest absolute Gasteiger partial charge is 0.354 e. The molecular weight excluding hydrogens is 248 g/mol. The molecule has 2 rings (SSSR count). The fraction of sp³-hybridized carbons (Fsp3) is 0.692. The number of alkyl halides is 1. The topological polar surface area (TPSA) is 32.3 Å². The monoisotopic (exact) mass is 268 g/mol. The number of halogens is 1. The van der Waals surface area contributed by atoms with Crippen LogP contribution in [0.2, 0.25) is 0 Å². The minimum atomic E-state index is 0.756. The van der Waals surface area contributed by atoms with E-state index in [-0.39, 0.29) is 0 Å². The maximum Gasteiger partial charge on any atom is 0.132 e. The summed E-state index contributed by atoms with van der Waals surface area (Å²) in [5, 5.41) is 0. The van der Waals surface area contributed by atoms with E-state index >= 15 is 0 Å². The molecule has 0 radical (unpaired) electrons. The number of hydrogen-bond acceptors (Lipinski definition) is 4. The van der Waals surface area contributed by atoms with E-state index in [2.05, 4.69) is 32.8 Å². The minimum Gasteiger partial charge on any atom is -0.354 e. The number of aromatic nitrogens is 2. The van der Waals surface area contributed by atoms with Gasteiger partial charge in [-0.2, -0.15) is 0 Å². The Balaban J connectivity index is 1.88. The van der Waals surface area contributed by atoms with E-state index in [0.29, 0.717) is 0 Å². The number of rotatable bonds is 5. The summed E-state index contributed by atoms with van der Waals surface area (Å²) in [6.07, 6.45) is 3.72. The lowest BCUT2D eigenvalue weighted by atomic mass is 10.2. The zero-order chi connectivity index (χ0) is 12.8. The summed E-state index contributed by atoms with van der Waals surface area (Å²) in [6, 6.07) is 2.11. The molecule has 0 atom stereocenters. The van der Waals surface area contributed by atoms with Crippen LogP contribution in [0.15, 0.2) is 12.4 Å². The summed E-state index contributed by atoms with van der Waals surface area (Å²) in [6.45, 7) is 7.52. The minimum absolute atomic E-state index is 0.756. The van der Waals surface area contributed by atoms with Gasteiger partial charge in [-0.15, -0.1) is 11.6 Å². The van der Waals surface area contributed by atoms with Gasteiger partial charge in [0.15, 0.2) is 0 Å². The number of piperazine rings is 1. The molecule has 1 aromatic rings. The summed E-state index contributed by atoms with van der Waals surface area (Å²) >= 11 is 5.72. The molecule has 0 spiro atoms. The molecule has 5 heteroatoms. The van der Waals surface area contributed by atoms with Crippen LogP contribution >= 0.6 is 11.6 Å². The van der Waals surface area contributed by atoms with Gasteiger partial charge in [-0.3, -0.25) is 4.90 Å². The van der Waals surface area contributed by atoms with Gasteiger partial charge in [0.2, 0.25) is 0 Å². The summed E-state index contributed by atoms with van der Waals surface area (Å²) in [7, 11) is 0. The summed E-state index contributed by atoms with van der Waals surface area (Å²) in [5.74, 6) is 1.82. The van der Waals surface area contributed by atoms with E-state index in [0.717, 1.165) is 63.0 Å². The highest BCUT2D eigenvalue weighted by molar-refractivity contribution is 6.17. The molecule has 0 aliphatic carbocycles. The molecule has 1 aliphatic rings. The van der Waals surface area contributed by atoms with Crippen LogP contribution < -0.4 is 4.90 Å². The Bertz CT molecular complexity index is 364. The molecule has 1 fully saturated rings. The molecule has 0 unspecified atom stereocenters. The van der Waals surface area contributed by atoms with E-state index < -0.39 is 0 Å². The van der Waals surface area contributed by atoms with Crippen molar-refractivity contribution in [3.63, 3.8) is 0 Å². The highest BCUT2D eigenvalue weighted by Crippen LogP contribution is 2.14. The second-order valence-electron chi connectivity index (χ2n) is 4.59. The van der Waals surface area contributed by atoms with Gasteiger partial charge in [0.05, 0.1) is 0 Å². The van der Waals surface area contributed by atoms with Crippen molar-refractivity contribution in [3.05, 3.63) is 18.1 Å². The maximum absolute atomic E-state index is 5.72. The second-order valence-corrected chi connectivity index (χ2v) is 4.97. The van der Waals surface area contributed by atoms with Crippen LogP contribution in [0.1, 0.15) is 19.0 Å². The van der Waals surface area contributed by atoms with Gasteiger partial charge in [0, 0.05) is 43.8 Å². The van der Waals surface area contributed by atoms with Crippen LogP contribution in [0.25, 0.3) is 0 Å². The summed E-state index contributed by atoms with van der Waals surface area (Å²) in [4.78, 5) is 13.4. The third-order valence-corrected chi connectivity index (χ3v) is 3.64. The van der Waals surface area contributed by atoms with Crippen LogP contribution in [-0.4, -0.2) is 53.5 Å². The normalized spacial score (nSPS) is 17.1. The number of aryl methyl sites for hydroxylation is 1. The fourth-order valence-corrected chi connectivity index (χ4v) is 2.36. The molecule has 0 aromatic carbocycles. The molecule has 1 aromatic heterocycles. The van der Waals surface area contributed by atoms with Crippen LogP contribution in [0, 0.1) is 0 Å². The Morgan fingerprint density at radius 1 is 1.22 bits per heavy atom. The Hall–Kier alpha value is -0.870.